The van der Waals surface area contributed by atoms with E-state index in [9.17, 15) is 14.4 Å². The molecule has 0 radical (unpaired) electrons. The van der Waals surface area contributed by atoms with Crippen molar-refractivity contribution in [3.8, 4) is 0 Å². The number of nitrogens with zero attached hydrogens (tertiary/aromatic N) is 1. The molecule has 0 spiro atoms. The van der Waals surface area contributed by atoms with Gasteiger partial charge in [-0.3, -0.25) is 14.9 Å². The van der Waals surface area contributed by atoms with Crippen molar-refractivity contribution < 1.29 is 18.8 Å². The van der Waals surface area contributed by atoms with Crippen molar-refractivity contribution in [2.24, 2.45) is 0 Å². The highest BCUT2D eigenvalue weighted by atomic mass is 127. The molecule has 2 heterocycles. The molecule has 2 aromatic rings. The van der Waals surface area contributed by atoms with Gasteiger partial charge in [-0.2, -0.15) is 0 Å². The van der Waals surface area contributed by atoms with E-state index in [1.807, 2.05) is 22.6 Å². The minimum absolute atomic E-state index is 0.199. The molecule has 6 nitrogen and oxygen atoms in total. The highest BCUT2D eigenvalue weighted by Crippen LogP contribution is 2.24. The van der Waals surface area contributed by atoms with Gasteiger partial charge in [0.05, 0.1) is 5.69 Å². The lowest BCUT2D eigenvalue weighted by atomic mass is 10.1. The number of anilines is 1. The van der Waals surface area contributed by atoms with Gasteiger partial charge in [-0.05, 0) is 59.0 Å². The summed E-state index contributed by atoms with van der Waals surface area (Å²) in [5, 5.41) is 2.49. The maximum Gasteiger partial charge on any atom is 0.335 e. The first kappa shape index (κ1) is 15.8. The van der Waals surface area contributed by atoms with Crippen LogP contribution in [0.5, 0.6) is 0 Å². The van der Waals surface area contributed by atoms with Crippen LogP contribution in [-0.2, 0) is 9.59 Å². The Bertz CT molecular complexity index is 859. The molecule has 116 valence electrons. The van der Waals surface area contributed by atoms with Crippen molar-refractivity contribution in [2.75, 3.05) is 4.90 Å². The molecule has 0 atom stereocenters. The van der Waals surface area contributed by atoms with Crippen LogP contribution in [0.25, 0.3) is 6.08 Å². The Hall–Kier alpha value is -2.13. The molecule has 0 saturated carbocycles. The number of halogens is 2. The highest BCUT2D eigenvalue weighted by Gasteiger charge is 2.37. The van der Waals surface area contributed by atoms with E-state index in [4.69, 9.17) is 16.0 Å². The smallest absolute Gasteiger partial charge is 0.335 e. The first-order valence-electron chi connectivity index (χ1n) is 6.38. The minimum Gasteiger partial charge on any atom is -0.451 e. The average molecular weight is 443 g/mol. The largest absolute Gasteiger partial charge is 0.451 e. The van der Waals surface area contributed by atoms with Crippen LogP contribution in [0.4, 0.5) is 10.5 Å². The van der Waals surface area contributed by atoms with Gasteiger partial charge < -0.3 is 4.42 Å². The molecule has 4 amide bonds. The van der Waals surface area contributed by atoms with E-state index in [0.29, 0.717) is 14.5 Å². The van der Waals surface area contributed by atoms with Crippen molar-refractivity contribution in [2.45, 2.75) is 0 Å². The number of urea groups is 1. The number of carbonyl (C=O) groups is 3. The van der Waals surface area contributed by atoms with Gasteiger partial charge in [-0.25, -0.2) is 9.69 Å². The molecule has 1 N–H and O–H groups in total. The Morgan fingerprint density at radius 3 is 2.61 bits per heavy atom. The minimum atomic E-state index is -0.826. The van der Waals surface area contributed by atoms with Crippen LogP contribution in [0.1, 0.15) is 5.76 Å². The number of benzene rings is 1. The summed E-state index contributed by atoms with van der Waals surface area (Å²) in [6, 6.07) is 8.72. The van der Waals surface area contributed by atoms with Gasteiger partial charge in [0.25, 0.3) is 11.8 Å². The van der Waals surface area contributed by atoms with Crippen LogP contribution < -0.4 is 10.2 Å². The normalized spacial score (nSPS) is 16.9. The molecule has 0 bridgehead atoms. The Morgan fingerprint density at radius 1 is 1.17 bits per heavy atom. The lowest BCUT2D eigenvalue weighted by Crippen LogP contribution is -2.54. The molecule has 1 aromatic heterocycles. The lowest BCUT2D eigenvalue weighted by molar-refractivity contribution is -0.122. The third kappa shape index (κ3) is 3.15. The molecule has 1 aromatic carbocycles. The summed E-state index contributed by atoms with van der Waals surface area (Å²) in [5.41, 5.74) is 0.0720. The summed E-state index contributed by atoms with van der Waals surface area (Å²) < 4.78 is 5.94. The van der Waals surface area contributed by atoms with E-state index in [0.717, 1.165) is 4.90 Å². The number of furan rings is 1. The van der Waals surface area contributed by atoms with Crippen molar-refractivity contribution >= 4 is 63.8 Å². The topological polar surface area (TPSA) is 79.6 Å². The molecule has 3 rings (SSSR count). The molecule has 1 aliphatic rings. The SMILES string of the molecule is O=C1NC(=O)N(c2cccc(Cl)c2)C(=O)C1=Cc1ccc(I)o1. The van der Waals surface area contributed by atoms with Gasteiger partial charge in [0.2, 0.25) is 0 Å². The molecule has 0 unspecified atom stereocenters. The Kier molecular flexibility index (Phi) is 4.22. The lowest BCUT2D eigenvalue weighted by Gasteiger charge is -2.26. The third-order valence-electron chi connectivity index (χ3n) is 3.05. The molecule has 23 heavy (non-hydrogen) atoms. The summed E-state index contributed by atoms with van der Waals surface area (Å²) >= 11 is 7.86. The van der Waals surface area contributed by atoms with Crippen molar-refractivity contribution in [1.29, 1.82) is 0 Å². The van der Waals surface area contributed by atoms with Gasteiger partial charge in [0, 0.05) is 5.02 Å². The number of imide groups is 2. The highest BCUT2D eigenvalue weighted by molar-refractivity contribution is 14.1. The fourth-order valence-electron chi connectivity index (χ4n) is 2.06. The molecule has 8 heteroatoms. The van der Waals surface area contributed by atoms with E-state index in [1.54, 1.807) is 30.3 Å². The van der Waals surface area contributed by atoms with Crippen LogP contribution in [-0.4, -0.2) is 17.8 Å². The summed E-state index contributed by atoms with van der Waals surface area (Å²) in [6.07, 6.45) is 1.30. The molecule has 1 saturated heterocycles. The van der Waals surface area contributed by atoms with Gasteiger partial charge in [-0.15, -0.1) is 0 Å². The maximum absolute atomic E-state index is 12.6. The number of barbiturate groups is 1. The van der Waals surface area contributed by atoms with Gasteiger partial charge in [-0.1, -0.05) is 17.7 Å². The van der Waals surface area contributed by atoms with E-state index < -0.39 is 17.8 Å². The van der Waals surface area contributed by atoms with E-state index in [1.165, 1.54) is 12.1 Å². The molecular weight excluding hydrogens is 435 g/mol. The fourth-order valence-corrected chi connectivity index (χ4v) is 2.67. The molecular formula is C15H8ClIN2O4. The molecule has 1 fully saturated rings. The quantitative estimate of drug-likeness (QED) is 0.440. The first-order valence-corrected chi connectivity index (χ1v) is 7.84. The van der Waals surface area contributed by atoms with Gasteiger partial charge in [0.1, 0.15) is 11.3 Å². The monoisotopic (exact) mass is 442 g/mol. The second kappa shape index (κ2) is 6.17. The van der Waals surface area contributed by atoms with Gasteiger partial charge >= 0.3 is 6.03 Å². The molecule has 1 aliphatic heterocycles. The third-order valence-corrected chi connectivity index (χ3v) is 3.86. The zero-order valence-electron chi connectivity index (χ0n) is 11.4. The maximum atomic E-state index is 12.6. The van der Waals surface area contributed by atoms with Crippen LogP contribution in [0, 0.1) is 3.77 Å². The summed E-state index contributed by atoms with van der Waals surface area (Å²) in [4.78, 5) is 37.4. The summed E-state index contributed by atoms with van der Waals surface area (Å²) in [7, 11) is 0. The van der Waals surface area contributed by atoms with E-state index >= 15 is 0 Å². The fraction of sp³-hybridized carbons (Fsp3) is 0. The predicted molar refractivity (Wildman–Crippen MR) is 91.9 cm³/mol. The van der Waals surface area contributed by atoms with Crippen LogP contribution in [0.3, 0.4) is 0 Å². The molecule has 0 aliphatic carbocycles. The summed E-state index contributed by atoms with van der Waals surface area (Å²) in [5.74, 6) is -1.18. The standard InChI is InChI=1S/C15H8ClIN2O4/c16-8-2-1-3-9(6-8)19-14(21)11(13(20)18-15(19)22)7-10-4-5-12(17)23-10/h1-7H,(H,18,20,22). The Labute approximate surface area is 149 Å². The summed E-state index contributed by atoms with van der Waals surface area (Å²) in [6.45, 7) is 0. The Morgan fingerprint density at radius 2 is 1.96 bits per heavy atom. The van der Waals surface area contributed by atoms with Crippen LogP contribution in [0.15, 0.2) is 46.4 Å². The number of hydrogen-bond acceptors (Lipinski definition) is 4. The first-order chi connectivity index (χ1) is 11.0. The number of amides is 4. The van der Waals surface area contributed by atoms with Crippen LogP contribution in [0.2, 0.25) is 5.02 Å². The van der Waals surface area contributed by atoms with Crippen molar-refractivity contribution in [3.05, 3.63) is 56.5 Å². The average Bonchev–Trinajstić information content (AvgIpc) is 2.89. The number of rotatable bonds is 2. The van der Waals surface area contributed by atoms with Gasteiger partial charge in [0.15, 0.2) is 3.77 Å². The number of hydrogen-bond donors (Lipinski definition) is 1. The second-order valence-electron chi connectivity index (χ2n) is 4.58. The zero-order valence-corrected chi connectivity index (χ0v) is 14.3. The van der Waals surface area contributed by atoms with Crippen molar-refractivity contribution in [1.82, 2.24) is 5.32 Å². The zero-order chi connectivity index (χ0) is 16.6. The number of nitrogens with one attached hydrogen (secondary N) is 1. The number of carbonyl (C=O) groups excluding carboxylic acids is 3. The second-order valence-corrected chi connectivity index (χ2v) is 6.08. The van der Waals surface area contributed by atoms with E-state index in [-0.39, 0.29) is 11.3 Å². The Balaban J connectivity index is 2.02. The van der Waals surface area contributed by atoms with Crippen molar-refractivity contribution in [3.63, 3.8) is 0 Å². The van der Waals surface area contributed by atoms with E-state index in [2.05, 4.69) is 5.32 Å². The van der Waals surface area contributed by atoms with Crippen LogP contribution >= 0.6 is 34.2 Å². The predicted octanol–water partition coefficient (Wildman–Crippen LogP) is 3.20.